The van der Waals surface area contributed by atoms with Crippen LogP contribution in [0.2, 0.25) is 0 Å². The summed E-state index contributed by atoms with van der Waals surface area (Å²) in [6.07, 6.45) is 5.59. The molecule has 9 heteroatoms. The van der Waals surface area contributed by atoms with Crippen LogP contribution >= 0.6 is 12.4 Å². The Kier molecular flexibility index (Phi) is 7.95. The van der Waals surface area contributed by atoms with Crippen molar-refractivity contribution >= 4 is 41.3 Å². The molecule has 0 radical (unpaired) electrons. The van der Waals surface area contributed by atoms with Gasteiger partial charge in [0.1, 0.15) is 5.75 Å². The second-order valence-electron chi connectivity index (χ2n) is 8.88. The highest BCUT2D eigenvalue weighted by molar-refractivity contribution is 6.15. The Bertz CT molecular complexity index is 1230. The molecule has 3 aromatic rings. The summed E-state index contributed by atoms with van der Waals surface area (Å²) in [4.78, 5) is 32.3. The van der Waals surface area contributed by atoms with E-state index in [1.807, 2.05) is 24.3 Å². The van der Waals surface area contributed by atoms with E-state index in [4.69, 9.17) is 15.2 Å². The number of pyridine rings is 1. The van der Waals surface area contributed by atoms with Gasteiger partial charge in [0.2, 0.25) is 0 Å². The van der Waals surface area contributed by atoms with Crippen LogP contribution in [0.3, 0.4) is 0 Å². The van der Waals surface area contributed by atoms with Gasteiger partial charge < -0.3 is 20.1 Å². The molecule has 0 bridgehead atoms. The zero-order valence-electron chi connectivity index (χ0n) is 19.8. The fraction of sp³-hybridized carbons (Fsp3) is 0.296. The molecule has 0 unspecified atom stereocenters. The van der Waals surface area contributed by atoms with Gasteiger partial charge in [0.05, 0.1) is 24.6 Å². The topological polar surface area (TPSA) is 107 Å². The van der Waals surface area contributed by atoms with Crippen LogP contribution in [0.1, 0.15) is 34.3 Å². The van der Waals surface area contributed by atoms with Gasteiger partial charge in [-0.1, -0.05) is 6.07 Å². The van der Waals surface area contributed by atoms with Gasteiger partial charge in [0, 0.05) is 48.7 Å². The number of amides is 1. The van der Waals surface area contributed by atoms with E-state index in [0.717, 1.165) is 49.4 Å². The van der Waals surface area contributed by atoms with Gasteiger partial charge in [-0.2, -0.15) is 0 Å². The highest BCUT2D eigenvalue weighted by Gasteiger charge is 2.23. The second-order valence-corrected chi connectivity index (χ2v) is 8.88. The number of carbonyl (C=O) groups excluding carboxylic acids is 2. The van der Waals surface area contributed by atoms with Crippen LogP contribution in [-0.4, -0.2) is 43.2 Å². The third-order valence-electron chi connectivity index (χ3n) is 6.61. The van der Waals surface area contributed by atoms with Crippen molar-refractivity contribution in [3.05, 3.63) is 77.6 Å². The Hall–Kier alpha value is -3.78. The Morgan fingerprint density at radius 2 is 1.89 bits per heavy atom. The van der Waals surface area contributed by atoms with Crippen molar-refractivity contribution in [1.82, 2.24) is 4.98 Å². The molecule has 0 spiro atoms. The molecular formula is C27H29ClN4O4. The van der Waals surface area contributed by atoms with Gasteiger partial charge in [-0.25, -0.2) is 4.79 Å². The highest BCUT2D eigenvalue weighted by atomic mass is 35.5. The number of ketones is 1. The van der Waals surface area contributed by atoms with Gasteiger partial charge in [0.15, 0.2) is 5.78 Å². The van der Waals surface area contributed by atoms with Crippen LogP contribution in [-0.2, 0) is 11.2 Å². The van der Waals surface area contributed by atoms with Crippen LogP contribution in [0.15, 0.2) is 60.9 Å². The van der Waals surface area contributed by atoms with Crippen molar-refractivity contribution in [3.63, 3.8) is 0 Å². The molecule has 1 saturated heterocycles. The van der Waals surface area contributed by atoms with Crippen molar-refractivity contribution < 1.29 is 19.1 Å². The first kappa shape index (κ1) is 25.3. The molecule has 188 valence electrons. The number of aromatic nitrogens is 1. The van der Waals surface area contributed by atoms with Crippen LogP contribution in [0, 0.1) is 5.92 Å². The van der Waals surface area contributed by atoms with Crippen LogP contribution < -0.4 is 20.7 Å². The number of para-hydroxylation sites is 1. The number of rotatable bonds is 6. The molecule has 5 rings (SSSR count). The van der Waals surface area contributed by atoms with Gasteiger partial charge >= 0.3 is 6.09 Å². The molecular weight excluding hydrogens is 480 g/mol. The maximum Gasteiger partial charge on any atom is 0.411 e. The Balaban J connectivity index is 0.00000304. The number of hydrogen-bond donors (Lipinski definition) is 2. The number of nitrogens with one attached hydrogen (secondary N) is 1. The number of nitrogen functional groups attached to an aromatic ring is 1. The summed E-state index contributed by atoms with van der Waals surface area (Å²) in [6.45, 7) is 2.73. The molecule has 2 aliphatic rings. The smallest absolute Gasteiger partial charge is 0.411 e. The van der Waals surface area contributed by atoms with E-state index in [1.54, 1.807) is 36.7 Å². The summed E-state index contributed by atoms with van der Waals surface area (Å²) in [6, 6.07) is 14.4. The molecule has 1 amide bonds. The summed E-state index contributed by atoms with van der Waals surface area (Å²) < 4.78 is 11.0. The average Bonchev–Trinajstić information content (AvgIpc) is 3.37. The molecule has 0 saturated carbocycles. The van der Waals surface area contributed by atoms with E-state index >= 15 is 0 Å². The van der Waals surface area contributed by atoms with E-state index in [-0.39, 0.29) is 29.8 Å². The lowest BCUT2D eigenvalue weighted by molar-refractivity contribution is 0.103. The molecule has 3 N–H and O–H groups in total. The van der Waals surface area contributed by atoms with Gasteiger partial charge in [0.25, 0.3) is 0 Å². The molecule has 8 nitrogen and oxygen atoms in total. The van der Waals surface area contributed by atoms with E-state index in [0.29, 0.717) is 30.0 Å². The largest absolute Gasteiger partial charge is 0.493 e. The maximum atomic E-state index is 13.3. The summed E-state index contributed by atoms with van der Waals surface area (Å²) in [5.74, 6) is 0.870. The minimum atomic E-state index is -0.615. The van der Waals surface area contributed by atoms with E-state index in [2.05, 4.69) is 15.2 Å². The van der Waals surface area contributed by atoms with Crippen molar-refractivity contribution in [3.8, 4) is 5.75 Å². The van der Waals surface area contributed by atoms with Gasteiger partial charge in [-0.15, -0.1) is 12.4 Å². The summed E-state index contributed by atoms with van der Waals surface area (Å²) in [5, 5.41) is 2.71. The third kappa shape index (κ3) is 5.54. The molecule has 0 atom stereocenters. The van der Waals surface area contributed by atoms with Crippen LogP contribution in [0.5, 0.6) is 5.75 Å². The highest BCUT2D eigenvalue weighted by Crippen LogP contribution is 2.30. The van der Waals surface area contributed by atoms with Crippen molar-refractivity contribution in [1.29, 1.82) is 0 Å². The Morgan fingerprint density at radius 1 is 1.11 bits per heavy atom. The molecule has 1 aromatic heterocycles. The zero-order chi connectivity index (χ0) is 24.2. The maximum absolute atomic E-state index is 13.3. The van der Waals surface area contributed by atoms with Crippen molar-refractivity contribution in [2.45, 2.75) is 19.3 Å². The van der Waals surface area contributed by atoms with Gasteiger partial charge in [-0.3, -0.25) is 15.1 Å². The molecule has 0 aliphatic carbocycles. The number of ether oxygens (including phenoxy) is 2. The lowest BCUT2D eigenvalue weighted by atomic mass is 9.97. The summed E-state index contributed by atoms with van der Waals surface area (Å²) in [7, 11) is 0. The van der Waals surface area contributed by atoms with Crippen molar-refractivity contribution in [2.75, 3.05) is 42.3 Å². The third-order valence-corrected chi connectivity index (χ3v) is 6.61. The lowest BCUT2D eigenvalue weighted by Gasteiger charge is -2.33. The number of halogens is 1. The zero-order valence-corrected chi connectivity index (χ0v) is 20.6. The first-order chi connectivity index (χ1) is 17.1. The molecule has 3 heterocycles. The Labute approximate surface area is 216 Å². The minimum Gasteiger partial charge on any atom is -0.493 e. The van der Waals surface area contributed by atoms with Crippen LogP contribution in [0.4, 0.5) is 21.9 Å². The number of hydrogen-bond acceptors (Lipinski definition) is 7. The molecule has 1 fully saturated rings. The summed E-state index contributed by atoms with van der Waals surface area (Å²) >= 11 is 0. The monoisotopic (exact) mass is 508 g/mol. The number of benzene rings is 2. The standard InChI is InChI=1S/C27H28N4O4.ClH/c28-23-3-1-2-22(26(32)20-4-5-24-19(16-20)10-15-34-24)25(23)30-27(33)35-17-18-8-13-31(14-9-18)21-6-11-29-12-7-21;/h1-7,11-12,16,18H,8-10,13-15,17,28H2,(H,30,33);1H. The fourth-order valence-corrected chi connectivity index (χ4v) is 4.63. The molecule has 36 heavy (non-hydrogen) atoms. The normalized spacial score (nSPS) is 14.8. The number of carbonyl (C=O) groups is 2. The number of nitrogens with zero attached hydrogens (tertiary/aromatic N) is 2. The number of nitrogens with two attached hydrogens (primary N) is 1. The second kappa shape index (κ2) is 11.3. The molecule has 2 aliphatic heterocycles. The predicted octanol–water partition coefficient (Wildman–Crippen LogP) is 4.72. The first-order valence-corrected chi connectivity index (χ1v) is 11.9. The summed E-state index contributed by atoms with van der Waals surface area (Å²) in [5.41, 5.74) is 9.72. The SMILES string of the molecule is Cl.Nc1cccc(C(=O)c2ccc3c(c2)CCO3)c1NC(=O)OCC1CCN(c2ccncc2)CC1. The van der Waals surface area contributed by atoms with Crippen molar-refractivity contribution in [2.24, 2.45) is 5.92 Å². The quantitative estimate of drug-likeness (QED) is 0.366. The predicted molar refractivity (Wildman–Crippen MR) is 141 cm³/mol. The minimum absolute atomic E-state index is 0. The van der Waals surface area contributed by atoms with E-state index in [9.17, 15) is 9.59 Å². The lowest BCUT2D eigenvalue weighted by Crippen LogP contribution is -2.35. The fourth-order valence-electron chi connectivity index (χ4n) is 4.63. The first-order valence-electron chi connectivity index (χ1n) is 11.9. The Morgan fingerprint density at radius 3 is 2.67 bits per heavy atom. The van der Waals surface area contributed by atoms with Crippen LogP contribution in [0.25, 0.3) is 0 Å². The number of piperidine rings is 1. The van der Waals surface area contributed by atoms with E-state index in [1.165, 1.54) is 0 Å². The number of fused-ring (bicyclic) bond motifs is 1. The molecule has 2 aromatic carbocycles. The van der Waals surface area contributed by atoms with Gasteiger partial charge in [-0.05, 0) is 66.8 Å². The average molecular weight is 509 g/mol. The number of anilines is 3. The van der Waals surface area contributed by atoms with E-state index < -0.39 is 6.09 Å².